The summed E-state index contributed by atoms with van der Waals surface area (Å²) in [6.45, 7) is 9.19. The van der Waals surface area contributed by atoms with Crippen molar-refractivity contribution < 1.29 is 13.9 Å². The predicted molar refractivity (Wildman–Crippen MR) is 128 cm³/mol. The summed E-state index contributed by atoms with van der Waals surface area (Å²) < 4.78 is 20.2. The van der Waals surface area contributed by atoms with E-state index in [0.29, 0.717) is 47.6 Å². The molecule has 0 atom stereocenters. The summed E-state index contributed by atoms with van der Waals surface area (Å²) in [5, 5.41) is 19.7. The van der Waals surface area contributed by atoms with Gasteiger partial charge in [-0.3, -0.25) is 5.10 Å². The minimum Gasteiger partial charge on any atom is -0.444 e. The minimum absolute atomic E-state index is 0.0212. The summed E-state index contributed by atoms with van der Waals surface area (Å²) in [5.41, 5.74) is 1.28. The number of nitrogens with zero attached hydrogens (tertiary/aromatic N) is 4. The van der Waals surface area contributed by atoms with E-state index in [-0.39, 0.29) is 5.56 Å². The number of alkyl carbamates (subject to hydrolysis) is 1. The quantitative estimate of drug-likeness (QED) is 0.421. The zero-order valence-electron chi connectivity index (χ0n) is 19.0. The van der Waals surface area contributed by atoms with Gasteiger partial charge in [0.25, 0.3) is 0 Å². The topological polar surface area (TPSA) is 107 Å². The third-order valence-corrected chi connectivity index (χ3v) is 5.65. The zero-order valence-corrected chi connectivity index (χ0v) is 20.6. The first kappa shape index (κ1) is 24.5. The lowest BCUT2D eigenvalue weighted by molar-refractivity contribution is 0.0527. The summed E-state index contributed by atoms with van der Waals surface area (Å²) in [7, 11) is 0. The number of anilines is 1. The van der Waals surface area contributed by atoms with Crippen LogP contribution in [0.25, 0.3) is 22.2 Å². The van der Waals surface area contributed by atoms with Crippen molar-refractivity contribution in [3.05, 3.63) is 40.2 Å². The molecule has 2 heterocycles. The second-order valence-corrected chi connectivity index (χ2v) is 9.22. The van der Waals surface area contributed by atoms with Crippen LogP contribution in [0.4, 0.5) is 15.0 Å². The van der Waals surface area contributed by atoms with E-state index in [1.54, 1.807) is 12.3 Å². The highest BCUT2D eigenvalue weighted by Gasteiger charge is 2.20. The van der Waals surface area contributed by atoms with Crippen LogP contribution in [0, 0.1) is 17.1 Å². The van der Waals surface area contributed by atoms with Gasteiger partial charge in [0.05, 0.1) is 21.9 Å². The number of aromatic amines is 1. The SMILES string of the molecule is CCN(CCCNC(=O)OC(C)(C)C)c1nc(-c2ccc(C#N)c(F)c2)c(Br)c2cn[nH]c12. The fraction of sp³-hybridized carbons (Fsp3) is 0.391. The Balaban J connectivity index is 1.85. The Bertz CT molecular complexity index is 1200. The van der Waals surface area contributed by atoms with Crippen molar-refractivity contribution in [3.8, 4) is 17.3 Å². The number of halogens is 2. The van der Waals surface area contributed by atoms with Crippen LogP contribution in [0.5, 0.6) is 0 Å². The minimum atomic E-state index is -0.599. The number of aromatic nitrogens is 3. The van der Waals surface area contributed by atoms with E-state index in [1.165, 1.54) is 12.1 Å². The van der Waals surface area contributed by atoms with Gasteiger partial charge < -0.3 is 15.0 Å². The summed E-state index contributed by atoms with van der Waals surface area (Å²) >= 11 is 3.58. The van der Waals surface area contributed by atoms with Crippen molar-refractivity contribution >= 4 is 38.7 Å². The van der Waals surface area contributed by atoms with Crippen molar-refractivity contribution in [2.45, 2.75) is 39.7 Å². The van der Waals surface area contributed by atoms with Crippen molar-refractivity contribution in [1.82, 2.24) is 20.5 Å². The lowest BCUT2D eigenvalue weighted by Gasteiger charge is -2.24. The maximum atomic E-state index is 14.3. The summed E-state index contributed by atoms with van der Waals surface area (Å²) in [5.74, 6) is 0.0725. The number of hydrogen-bond donors (Lipinski definition) is 2. The fourth-order valence-corrected chi connectivity index (χ4v) is 3.94. The van der Waals surface area contributed by atoms with E-state index in [0.717, 1.165) is 10.9 Å². The highest BCUT2D eigenvalue weighted by molar-refractivity contribution is 9.10. The smallest absolute Gasteiger partial charge is 0.407 e. The van der Waals surface area contributed by atoms with Crippen LogP contribution >= 0.6 is 15.9 Å². The molecule has 1 amide bonds. The Morgan fingerprint density at radius 1 is 1.39 bits per heavy atom. The largest absolute Gasteiger partial charge is 0.444 e. The standard InChI is InChI=1S/C23H26BrFN6O2/c1-5-31(10-6-9-27-22(32)33-23(2,3)4)21-20-16(13-28-30-20)18(24)19(29-21)14-7-8-15(12-26)17(25)11-14/h7-8,11,13H,5-6,9-10H2,1-4H3,(H,27,32)(H,28,30). The van der Waals surface area contributed by atoms with Gasteiger partial charge >= 0.3 is 6.09 Å². The molecule has 0 bridgehead atoms. The Labute approximate surface area is 200 Å². The Hall–Kier alpha value is -3.19. The molecule has 0 spiro atoms. The first-order valence-electron chi connectivity index (χ1n) is 10.6. The number of carbonyl (C=O) groups excluding carboxylic acids is 1. The van der Waals surface area contributed by atoms with Crippen LogP contribution in [0.15, 0.2) is 28.9 Å². The number of nitriles is 1. The number of H-pyrrole nitrogens is 1. The van der Waals surface area contributed by atoms with E-state index in [4.69, 9.17) is 15.0 Å². The maximum Gasteiger partial charge on any atom is 0.407 e. The van der Waals surface area contributed by atoms with Crippen LogP contribution < -0.4 is 10.2 Å². The number of fused-ring (bicyclic) bond motifs is 1. The first-order chi connectivity index (χ1) is 15.6. The van der Waals surface area contributed by atoms with Gasteiger partial charge in [-0.15, -0.1) is 0 Å². The van der Waals surface area contributed by atoms with Gasteiger partial charge in [-0.05, 0) is 62.2 Å². The van der Waals surface area contributed by atoms with Crippen LogP contribution in [0.3, 0.4) is 0 Å². The third-order valence-electron chi connectivity index (χ3n) is 4.84. The number of carbonyl (C=O) groups is 1. The molecule has 1 aromatic carbocycles. The molecule has 8 nitrogen and oxygen atoms in total. The van der Waals surface area contributed by atoms with Gasteiger partial charge in [0.1, 0.15) is 23.0 Å². The summed E-state index contributed by atoms with van der Waals surface area (Å²) in [6, 6.07) is 6.25. The Morgan fingerprint density at radius 3 is 2.79 bits per heavy atom. The van der Waals surface area contributed by atoms with Crippen molar-refractivity contribution in [2.75, 3.05) is 24.5 Å². The first-order valence-corrected chi connectivity index (χ1v) is 11.4. The molecule has 3 rings (SSSR count). The molecule has 33 heavy (non-hydrogen) atoms. The molecule has 0 aliphatic heterocycles. The predicted octanol–water partition coefficient (Wildman–Crippen LogP) is 5.14. The van der Waals surface area contributed by atoms with E-state index >= 15 is 0 Å². The number of amides is 1. The maximum absolute atomic E-state index is 14.3. The summed E-state index contributed by atoms with van der Waals surface area (Å²) in [6.07, 6.45) is 1.90. The Morgan fingerprint density at radius 2 is 2.15 bits per heavy atom. The van der Waals surface area contributed by atoms with E-state index in [9.17, 15) is 9.18 Å². The van der Waals surface area contributed by atoms with Gasteiger partial charge in [-0.1, -0.05) is 6.07 Å². The van der Waals surface area contributed by atoms with Crippen LogP contribution in [0.2, 0.25) is 0 Å². The highest BCUT2D eigenvalue weighted by atomic mass is 79.9. The molecule has 0 fully saturated rings. The normalized spacial score (nSPS) is 11.3. The molecule has 0 aliphatic rings. The molecule has 0 saturated heterocycles. The van der Waals surface area contributed by atoms with Crippen molar-refractivity contribution in [2.24, 2.45) is 0 Å². The van der Waals surface area contributed by atoms with Gasteiger partial charge in [-0.25, -0.2) is 14.2 Å². The lowest BCUT2D eigenvalue weighted by atomic mass is 10.1. The molecule has 0 unspecified atom stereocenters. The second-order valence-electron chi connectivity index (χ2n) is 8.42. The molecule has 2 N–H and O–H groups in total. The molecule has 0 saturated carbocycles. The zero-order chi connectivity index (χ0) is 24.2. The summed E-state index contributed by atoms with van der Waals surface area (Å²) in [4.78, 5) is 18.7. The van der Waals surface area contributed by atoms with Crippen LogP contribution in [0.1, 0.15) is 39.7 Å². The number of rotatable bonds is 7. The monoisotopic (exact) mass is 516 g/mol. The molecule has 2 aromatic heterocycles. The molecule has 0 radical (unpaired) electrons. The van der Waals surface area contributed by atoms with Crippen LogP contribution in [-0.2, 0) is 4.74 Å². The van der Waals surface area contributed by atoms with Crippen molar-refractivity contribution in [3.63, 3.8) is 0 Å². The van der Waals surface area contributed by atoms with E-state index in [2.05, 4.69) is 36.3 Å². The van der Waals surface area contributed by atoms with Gasteiger partial charge in [0.2, 0.25) is 0 Å². The Kier molecular flexibility index (Phi) is 7.53. The van der Waals surface area contributed by atoms with Gasteiger partial charge in [-0.2, -0.15) is 10.4 Å². The average molecular weight is 517 g/mol. The number of hydrogen-bond acceptors (Lipinski definition) is 6. The van der Waals surface area contributed by atoms with Gasteiger partial charge in [0, 0.05) is 30.6 Å². The number of benzene rings is 1. The molecular weight excluding hydrogens is 491 g/mol. The number of pyridine rings is 1. The van der Waals surface area contributed by atoms with E-state index in [1.807, 2.05) is 33.8 Å². The molecule has 10 heteroatoms. The third kappa shape index (κ3) is 5.79. The molecule has 174 valence electrons. The highest BCUT2D eigenvalue weighted by Crippen LogP contribution is 2.37. The number of ether oxygens (including phenoxy) is 1. The second kappa shape index (κ2) is 10.2. The van der Waals surface area contributed by atoms with E-state index < -0.39 is 17.5 Å². The molecule has 0 aliphatic carbocycles. The average Bonchev–Trinajstić information content (AvgIpc) is 3.24. The fourth-order valence-electron chi connectivity index (χ4n) is 3.32. The van der Waals surface area contributed by atoms with Crippen LogP contribution in [-0.4, -0.2) is 46.5 Å². The van der Waals surface area contributed by atoms with Gasteiger partial charge in [0.15, 0.2) is 5.82 Å². The lowest BCUT2D eigenvalue weighted by Crippen LogP contribution is -2.34. The number of nitrogens with one attached hydrogen (secondary N) is 2. The van der Waals surface area contributed by atoms with Crippen molar-refractivity contribution in [1.29, 1.82) is 5.26 Å². The molecule has 3 aromatic rings. The molecular formula is C23H26BrFN6O2.